The minimum Gasteiger partial charge on any atom is -0.345 e. The third-order valence-corrected chi connectivity index (χ3v) is 3.70. The standard InChI is InChI=1S/C14H17ClN2O2/c1-3-12-14(19)16-7-13(18)17(12)8-10-5-4-9(2)6-11(10)15/h4-6,12H,3,7-8H2,1-2H3,(H,16,19). The Morgan fingerprint density at radius 3 is 2.79 bits per heavy atom. The lowest BCUT2D eigenvalue weighted by molar-refractivity contribution is -0.146. The van der Waals surface area contributed by atoms with E-state index in [9.17, 15) is 9.59 Å². The minimum atomic E-state index is -0.404. The second-order valence-corrected chi connectivity index (χ2v) is 5.17. The van der Waals surface area contributed by atoms with Gasteiger partial charge in [-0.1, -0.05) is 30.7 Å². The van der Waals surface area contributed by atoms with Crippen molar-refractivity contribution in [1.29, 1.82) is 0 Å². The molecule has 0 radical (unpaired) electrons. The van der Waals surface area contributed by atoms with E-state index in [0.717, 1.165) is 11.1 Å². The van der Waals surface area contributed by atoms with Crippen LogP contribution in [0.5, 0.6) is 0 Å². The summed E-state index contributed by atoms with van der Waals surface area (Å²) >= 11 is 6.19. The zero-order valence-corrected chi connectivity index (χ0v) is 11.8. The molecule has 1 aliphatic rings. The molecule has 1 atom stereocenters. The third-order valence-electron chi connectivity index (χ3n) is 3.35. The van der Waals surface area contributed by atoms with E-state index in [4.69, 9.17) is 11.6 Å². The number of rotatable bonds is 3. The van der Waals surface area contributed by atoms with E-state index in [1.807, 2.05) is 32.0 Å². The highest BCUT2D eigenvalue weighted by Gasteiger charge is 2.33. The number of aryl methyl sites for hydroxylation is 1. The van der Waals surface area contributed by atoms with Gasteiger partial charge in [0.2, 0.25) is 11.8 Å². The summed E-state index contributed by atoms with van der Waals surface area (Å²) in [6, 6.07) is 5.33. The molecular formula is C14H17ClN2O2. The maximum atomic E-state index is 12.0. The molecule has 1 saturated heterocycles. The lowest BCUT2D eigenvalue weighted by atomic mass is 10.1. The smallest absolute Gasteiger partial charge is 0.243 e. The Morgan fingerprint density at radius 1 is 1.42 bits per heavy atom. The van der Waals surface area contributed by atoms with Gasteiger partial charge in [-0.2, -0.15) is 0 Å². The van der Waals surface area contributed by atoms with Crippen LogP contribution in [0, 0.1) is 6.92 Å². The van der Waals surface area contributed by atoms with Crippen molar-refractivity contribution >= 4 is 23.4 Å². The highest BCUT2D eigenvalue weighted by atomic mass is 35.5. The fourth-order valence-electron chi connectivity index (χ4n) is 2.27. The molecular weight excluding hydrogens is 264 g/mol. The third kappa shape index (κ3) is 2.89. The number of hydrogen-bond donors (Lipinski definition) is 1. The summed E-state index contributed by atoms with van der Waals surface area (Å²) < 4.78 is 0. The molecule has 4 nitrogen and oxygen atoms in total. The first-order valence-corrected chi connectivity index (χ1v) is 6.73. The molecule has 1 N–H and O–H groups in total. The fraction of sp³-hybridized carbons (Fsp3) is 0.429. The number of carbonyl (C=O) groups excluding carboxylic acids is 2. The molecule has 2 amide bonds. The van der Waals surface area contributed by atoms with Crippen LogP contribution < -0.4 is 5.32 Å². The van der Waals surface area contributed by atoms with Crippen molar-refractivity contribution in [3.8, 4) is 0 Å². The Morgan fingerprint density at radius 2 is 2.16 bits per heavy atom. The molecule has 2 rings (SSSR count). The van der Waals surface area contributed by atoms with E-state index in [1.54, 1.807) is 4.90 Å². The number of nitrogens with zero attached hydrogens (tertiary/aromatic N) is 1. The van der Waals surface area contributed by atoms with Crippen LogP contribution in [-0.4, -0.2) is 29.3 Å². The maximum Gasteiger partial charge on any atom is 0.243 e. The Balaban J connectivity index is 2.23. The number of benzene rings is 1. The van der Waals surface area contributed by atoms with Crippen molar-refractivity contribution in [2.24, 2.45) is 0 Å². The molecule has 0 bridgehead atoms. The van der Waals surface area contributed by atoms with E-state index < -0.39 is 6.04 Å². The van der Waals surface area contributed by atoms with Crippen LogP contribution in [0.1, 0.15) is 24.5 Å². The molecule has 0 spiro atoms. The Kier molecular flexibility index (Phi) is 4.10. The van der Waals surface area contributed by atoms with Gasteiger partial charge in [-0.25, -0.2) is 0 Å². The molecule has 0 aliphatic carbocycles. The van der Waals surface area contributed by atoms with Crippen molar-refractivity contribution in [2.75, 3.05) is 6.54 Å². The molecule has 19 heavy (non-hydrogen) atoms. The maximum absolute atomic E-state index is 12.0. The summed E-state index contributed by atoms with van der Waals surface area (Å²) in [6.45, 7) is 4.30. The monoisotopic (exact) mass is 280 g/mol. The zero-order chi connectivity index (χ0) is 14.0. The van der Waals surface area contributed by atoms with Crippen LogP contribution in [0.15, 0.2) is 18.2 Å². The molecule has 5 heteroatoms. The van der Waals surface area contributed by atoms with Gasteiger partial charge in [0.1, 0.15) is 6.04 Å². The molecule has 102 valence electrons. The van der Waals surface area contributed by atoms with Gasteiger partial charge in [-0.05, 0) is 30.5 Å². The van der Waals surface area contributed by atoms with Gasteiger partial charge in [-0.3, -0.25) is 9.59 Å². The molecule has 1 aromatic carbocycles. The first-order chi connectivity index (χ1) is 9.02. The SMILES string of the molecule is CCC1C(=O)NCC(=O)N1Cc1ccc(C)cc1Cl. The van der Waals surface area contributed by atoms with Crippen molar-refractivity contribution in [3.05, 3.63) is 34.3 Å². The van der Waals surface area contributed by atoms with Crippen molar-refractivity contribution in [1.82, 2.24) is 10.2 Å². The van der Waals surface area contributed by atoms with Gasteiger partial charge < -0.3 is 10.2 Å². The summed E-state index contributed by atoms with van der Waals surface area (Å²) in [5.41, 5.74) is 1.94. The van der Waals surface area contributed by atoms with Gasteiger partial charge in [0, 0.05) is 11.6 Å². The van der Waals surface area contributed by atoms with E-state index in [2.05, 4.69) is 5.32 Å². The Bertz CT molecular complexity index is 516. The van der Waals surface area contributed by atoms with Crippen molar-refractivity contribution in [2.45, 2.75) is 32.9 Å². The van der Waals surface area contributed by atoms with Gasteiger partial charge in [0.25, 0.3) is 0 Å². The van der Waals surface area contributed by atoms with Gasteiger partial charge in [-0.15, -0.1) is 0 Å². The zero-order valence-electron chi connectivity index (χ0n) is 11.1. The first-order valence-electron chi connectivity index (χ1n) is 6.35. The fourth-order valence-corrected chi connectivity index (χ4v) is 2.56. The number of piperazine rings is 1. The normalized spacial score (nSPS) is 19.5. The number of halogens is 1. The molecule has 0 aromatic heterocycles. The quantitative estimate of drug-likeness (QED) is 0.919. The largest absolute Gasteiger partial charge is 0.345 e. The predicted molar refractivity (Wildman–Crippen MR) is 73.8 cm³/mol. The second-order valence-electron chi connectivity index (χ2n) is 4.76. The first kappa shape index (κ1) is 13.9. The highest BCUT2D eigenvalue weighted by Crippen LogP contribution is 2.22. The van der Waals surface area contributed by atoms with Crippen molar-refractivity contribution in [3.63, 3.8) is 0 Å². The van der Waals surface area contributed by atoms with Gasteiger partial charge >= 0.3 is 0 Å². The van der Waals surface area contributed by atoms with Crippen LogP contribution in [0.25, 0.3) is 0 Å². The van der Waals surface area contributed by atoms with Crippen LogP contribution in [0.3, 0.4) is 0 Å². The van der Waals surface area contributed by atoms with Crippen LogP contribution in [0.2, 0.25) is 5.02 Å². The van der Waals surface area contributed by atoms with Gasteiger partial charge in [0.05, 0.1) is 6.54 Å². The average molecular weight is 281 g/mol. The van der Waals surface area contributed by atoms with Crippen LogP contribution in [-0.2, 0) is 16.1 Å². The van der Waals surface area contributed by atoms with E-state index in [-0.39, 0.29) is 18.4 Å². The summed E-state index contributed by atoms with van der Waals surface area (Å²) in [4.78, 5) is 25.3. The summed E-state index contributed by atoms with van der Waals surface area (Å²) in [7, 11) is 0. The van der Waals surface area contributed by atoms with Gasteiger partial charge in [0.15, 0.2) is 0 Å². The molecule has 1 unspecified atom stereocenters. The topological polar surface area (TPSA) is 49.4 Å². The molecule has 1 aliphatic heterocycles. The lowest BCUT2D eigenvalue weighted by Crippen LogP contribution is -2.57. The number of nitrogens with one attached hydrogen (secondary N) is 1. The van der Waals surface area contributed by atoms with Crippen LogP contribution in [0.4, 0.5) is 0 Å². The van der Waals surface area contributed by atoms with Crippen molar-refractivity contribution < 1.29 is 9.59 Å². The molecule has 1 fully saturated rings. The number of hydrogen-bond acceptors (Lipinski definition) is 2. The van der Waals surface area contributed by atoms with E-state index in [1.165, 1.54) is 0 Å². The summed E-state index contributed by atoms with van der Waals surface area (Å²) in [6.07, 6.45) is 0.598. The molecule has 1 heterocycles. The van der Waals surface area contributed by atoms with E-state index >= 15 is 0 Å². The minimum absolute atomic E-state index is 0.0666. The lowest BCUT2D eigenvalue weighted by Gasteiger charge is -2.34. The van der Waals surface area contributed by atoms with Crippen LogP contribution >= 0.6 is 11.6 Å². The second kappa shape index (κ2) is 5.61. The molecule has 0 saturated carbocycles. The summed E-state index contributed by atoms with van der Waals surface area (Å²) in [5.74, 6) is -0.159. The summed E-state index contributed by atoms with van der Waals surface area (Å²) in [5, 5.41) is 3.24. The van der Waals surface area contributed by atoms with E-state index in [0.29, 0.717) is 18.0 Å². The molecule has 1 aromatic rings. The average Bonchev–Trinajstić information content (AvgIpc) is 2.37. The Hall–Kier alpha value is -1.55. The Labute approximate surface area is 117 Å². The number of carbonyl (C=O) groups is 2. The predicted octanol–water partition coefficient (Wildman–Crippen LogP) is 1.89. The number of amides is 2. The highest BCUT2D eigenvalue weighted by molar-refractivity contribution is 6.31.